The van der Waals surface area contributed by atoms with Gasteiger partial charge in [-0.15, -0.1) is 0 Å². The van der Waals surface area contributed by atoms with Crippen molar-refractivity contribution in [3.8, 4) is 0 Å². The van der Waals surface area contributed by atoms with Crippen molar-refractivity contribution < 1.29 is 29.3 Å². The van der Waals surface area contributed by atoms with Crippen LogP contribution in [-0.4, -0.2) is 46.6 Å². The van der Waals surface area contributed by atoms with E-state index in [1.54, 1.807) is 6.08 Å². The zero-order chi connectivity index (χ0) is 21.1. The van der Waals surface area contributed by atoms with Crippen LogP contribution in [0.15, 0.2) is 11.6 Å². The standard InChI is InChI=1S/C23H32O6/c1-12(25)29-20-9-14(26)8-13-4-5-15-16-6-7-17(19(28)11-24)22(16,2)10-18(27)21(15)23(13,20)3/h8,15-18,20-21,24,27H,4-7,9-11H2,1-3H3/t15-,16-,17+,18-,20?,21+,22-,23+/m0/s1. The second kappa shape index (κ2) is 7.02. The van der Waals surface area contributed by atoms with E-state index >= 15 is 0 Å². The minimum atomic E-state index is -0.645. The molecule has 4 rings (SSSR count). The van der Waals surface area contributed by atoms with E-state index in [2.05, 4.69) is 6.92 Å². The van der Waals surface area contributed by atoms with Gasteiger partial charge < -0.3 is 14.9 Å². The maximum atomic E-state index is 12.4. The van der Waals surface area contributed by atoms with Crippen LogP contribution in [0.5, 0.6) is 0 Å². The highest BCUT2D eigenvalue weighted by molar-refractivity contribution is 5.92. The fourth-order valence-electron chi connectivity index (χ4n) is 7.71. The predicted octanol–water partition coefficient (Wildman–Crippen LogP) is 2.21. The van der Waals surface area contributed by atoms with Crippen molar-refractivity contribution >= 4 is 17.5 Å². The number of fused-ring (bicyclic) bond motifs is 5. The van der Waals surface area contributed by atoms with Crippen LogP contribution in [0.25, 0.3) is 0 Å². The Kier molecular flexibility index (Phi) is 5.02. The zero-order valence-corrected chi connectivity index (χ0v) is 17.5. The van der Waals surface area contributed by atoms with Gasteiger partial charge >= 0.3 is 5.97 Å². The van der Waals surface area contributed by atoms with Crippen LogP contribution in [0.4, 0.5) is 0 Å². The summed E-state index contributed by atoms with van der Waals surface area (Å²) in [5, 5.41) is 20.8. The van der Waals surface area contributed by atoms with Crippen molar-refractivity contribution in [2.75, 3.05) is 6.61 Å². The molecule has 6 heteroatoms. The van der Waals surface area contributed by atoms with Crippen molar-refractivity contribution in [2.24, 2.45) is 34.5 Å². The summed E-state index contributed by atoms with van der Waals surface area (Å²) < 4.78 is 5.65. The number of carbonyl (C=O) groups excluding carboxylic acids is 3. The molecular weight excluding hydrogens is 372 g/mol. The molecule has 2 N–H and O–H groups in total. The van der Waals surface area contributed by atoms with E-state index in [0.29, 0.717) is 6.42 Å². The number of Topliss-reactive ketones (excluding diaryl/α,β-unsaturated/α-hetero) is 1. The molecule has 8 atom stereocenters. The molecule has 0 heterocycles. The highest BCUT2D eigenvalue weighted by Crippen LogP contribution is 2.66. The van der Waals surface area contributed by atoms with E-state index in [-0.39, 0.29) is 47.1 Å². The number of hydrogen-bond donors (Lipinski definition) is 2. The molecule has 6 nitrogen and oxygen atoms in total. The quantitative estimate of drug-likeness (QED) is 0.700. The number of hydrogen-bond acceptors (Lipinski definition) is 6. The zero-order valence-electron chi connectivity index (χ0n) is 17.5. The molecule has 0 amide bonds. The van der Waals surface area contributed by atoms with Gasteiger partial charge in [-0.05, 0) is 55.4 Å². The fourth-order valence-corrected chi connectivity index (χ4v) is 7.71. The van der Waals surface area contributed by atoms with Crippen LogP contribution in [-0.2, 0) is 19.1 Å². The maximum absolute atomic E-state index is 12.4. The van der Waals surface area contributed by atoms with Gasteiger partial charge in [0.05, 0.1) is 6.10 Å². The number of esters is 1. The predicted molar refractivity (Wildman–Crippen MR) is 105 cm³/mol. The molecule has 1 unspecified atom stereocenters. The van der Waals surface area contributed by atoms with Gasteiger partial charge in [0.15, 0.2) is 11.6 Å². The van der Waals surface area contributed by atoms with E-state index < -0.39 is 30.2 Å². The van der Waals surface area contributed by atoms with Crippen LogP contribution >= 0.6 is 0 Å². The third-order valence-corrected chi connectivity index (χ3v) is 8.83. The lowest BCUT2D eigenvalue weighted by atomic mass is 9.45. The largest absolute Gasteiger partial charge is 0.461 e. The normalized spacial score (nSPS) is 46.2. The Morgan fingerprint density at radius 1 is 1.24 bits per heavy atom. The van der Waals surface area contributed by atoms with Gasteiger partial charge in [-0.3, -0.25) is 14.4 Å². The number of carbonyl (C=O) groups is 3. The Balaban J connectivity index is 1.74. The van der Waals surface area contributed by atoms with Gasteiger partial charge in [-0.2, -0.15) is 0 Å². The highest BCUT2D eigenvalue weighted by atomic mass is 16.5. The number of aliphatic hydroxyl groups is 2. The Morgan fingerprint density at radius 3 is 2.62 bits per heavy atom. The molecular formula is C23H32O6. The number of ether oxygens (including phenoxy) is 1. The number of rotatable bonds is 3. The number of aliphatic hydroxyl groups excluding tert-OH is 2. The van der Waals surface area contributed by atoms with E-state index in [1.165, 1.54) is 6.92 Å². The van der Waals surface area contributed by atoms with E-state index in [1.807, 2.05) is 6.92 Å². The number of ketones is 2. The van der Waals surface area contributed by atoms with Gasteiger partial charge in [0.2, 0.25) is 0 Å². The van der Waals surface area contributed by atoms with E-state index in [9.17, 15) is 24.6 Å². The van der Waals surface area contributed by atoms with Crippen molar-refractivity contribution in [2.45, 2.75) is 71.5 Å². The topological polar surface area (TPSA) is 101 Å². The third kappa shape index (κ3) is 2.94. The van der Waals surface area contributed by atoms with Crippen LogP contribution in [0, 0.1) is 34.5 Å². The van der Waals surface area contributed by atoms with E-state index in [4.69, 9.17) is 4.74 Å². The monoisotopic (exact) mass is 404 g/mol. The maximum Gasteiger partial charge on any atom is 0.302 e. The highest BCUT2D eigenvalue weighted by Gasteiger charge is 2.65. The minimum Gasteiger partial charge on any atom is -0.461 e. The molecule has 0 aliphatic heterocycles. The molecule has 29 heavy (non-hydrogen) atoms. The average Bonchev–Trinajstić information content (AvgIpc) is 2.98. The summed E-state index contributed by atoms with van der Waals surface area (Å²) in [6.45, 7) is 5.07. The van der Waals surface area contributed by atoms with Crippen LogP contribution in [0.1, 0.15) is 59.3 Å². The van der Waals surface area contributed by atoms with Crippen molar-refractivity contribution in [1.29, 1.82) is 0 Å². The Labute approximate surface area is 171 Å². The molecule has 0 aromatic carbocycles. The fraction of sp³-hybridized carbons (Fsp3) is 0.783. The lowest BCUT2D eigenvalue weighted by Crippen LogP contribution is -2.61. The SMILES string of the molecule is CC(=O)OC1CC(=O)C=C2CC[C@@H]3[C@H]([C@@H](O)C[C@]4(C)[C@@H](C(=O)CO)CC[C@@H]34)[C@]21C. The van der Waals surface area contributed by atoms with Gasteiger partial charge in [0.25, 0.3) is 0 Å². The van der Waals surface area contributed by atoms with Gasteiger partial charge in [-0.25, -0.2) is 0 Å². The van der Waals surface area contributed by atoms with Gasteiger partial charge in [0.1, 0.15) is 12.7 Å². The molecule has 0 saturated heterocycles. The molecule has 0 bridgehead atoms. The second-order valence-electron chi connectivity index (χ2n) is 10.1. The molecule has 4 aliphatic carbocycles. The third-order valence-electron chi connectivity index (χ3n) is 8.83. The molecule has 0 radical (unpaired) electrons. The summed E-state index contributed by atoms with van der Waals surface area (Å²) in [5.74, 6) is -0.386. The summed E-state index contributed by atoms with van der Waals surface area (Å²) in [5.41, 5.74) is 0.103. The molecule has 0 aromatic rings. The first-order valence-electron chi connectivity index (χ1n) is 10.9. The molecule has 4 aliphatic rings. The lowest BCUT2D eigenvalue weighted by Gasteiger charge is -2.60. The van der Waals surface area contributed by atoms with Crippen LogP contribution < -0.4 is 0 Å². The average molecular weight is 405 g/mol. The van der Waals surface area contributed by atoms with Crippen molar-refractivity contribution in [3.63, 3.8) is 0 Å². The van der Waals surface area contributed by atoms with Crippen molar-refractivity contribution in [1.82, 2.24) is 0 Å². The van der Waals surface area contributed by atoms with Gasteiger partial charge in [-0.1, -0.05) is 19.4 Å². The summed E-state index contributed by atoms with van der Waals surface area (Å²) in [7, 11) is 0. The minimum absolute atomic E-state index is 0.0215. The Hall–Kier alpha value is -1.53. The molecule has 160 valence electrons. The Morgan fingerprint density at radius 2 is 1.97 bits per heavy atom. The smallest absolute Gasteiger partial charge is 0.302 e. The van der Waals surface area contributed by atoms with Gasteiger partial charge in [0, 0.05) is 30.6 Å². The van der Waals surface area contributed by atoms with Crippen molar-refractivity contribution in [3.05, 3.63) is 11.6 Å². The molecule has 3 saturated carbocycles. The molecule has 0 spiro atoms. The first-order chi connectivity index (χ1) is 13.6. The lowest BCUT2D eigenvalue weighted by molar-refractivity contribution is -0.179. The summed E-state index contributed by atoms with van der Waals surface area (Å²) in [4.78, 5) is 36.5. The summed E-state index contributed by atoms with van der Waals surface area (Å²) in [6.07, 6.45) is 4.44. The van der Waals surface area contributed by atoms with Crippen LogP contribution in [0.2, 0.25) is 0 Å². The first-order valence-corrected chi connectivity index (χ1v) is 10.9. The first kappa shape index (κ1) is 20.7. The molecule has 0 aromatic heterocycles. The van der Waals surface area contributed by atoms with E-state index in [0.717, 1.165) is 31.3 Å². The molecule has 3 fully saturated rings. The summed E-state index contributed by atoms with van der Waals surface area (Å²) >= 11 is 0. The van der Waals surface area contributed by atoms with Crippen LogP contribution in [0.3, 0.4) is 0 Å². The summed E-state index contributed by atoms with van der Waals surface area (Å²) in [6, 6.07) is 0. The Bertz CT molecular complexity index is 771. The second-order valence-corrected chi connectivity index (χ2v) is 10.1.